The molecule has 0 bridgehead atoms. The summed E-state index contributed by atoms with van der Waals surface area (Å²) in [5.74, 6) is 2.84. The molecule has 0 aliphatic rings. The van der Waals surface area contributed by atoms with Crippen LogP contribution in [0.5, 0.6) is 5.75 Å². The third-order valence-electron chi connectivity index (χ3n) is 2.02. The van der Waals surface area contributed by atoms with Crippen molar-refractivity contribution in [2.24, 2.45) is 0 Å². The molecule has 0 aromatic carbocycles. The highest BCUT2D eigenvalue weighted by atomic mass is 32.2. The van der Waals surface area contributed by atoms with Gasteiger partial charge in [0.05, 0.1) is 19.0 Å². The summed E-state index contributed by atoms with van der Waals surface area (Å²) >= 11 is 1.85. The van der Waals surface area contributed by atoms with E-state index in [-0.39, 0.29) is 0 Å². The maximum atomic E-state index is 5.23. The molecule has 0 fully saturated rings. The molecule has 0 saturated carbocycles. The average molecular weight is 238 g/mol. The van der Waals surface area contributed by atoms with Crippen LogP contribution in [0.15, 0.2) is 24.9 Å². The minimum atomic E-state index is 0.791. The summed E-state index contributed by atoms with van der Waals surface area (Å²) in [4.78, 5) is 4.18. The van der Waals surface area contributed by atoms with Crippen LogP contribution in [0.4, 0.5) is 5.69 Å². The van der Waals surface area contributed by atoms with E-state index in [1.54, 1.807) is 13.3 Å². The van der Waals surface area contributed by atoms with Gasteiger partial charge in [-0.1, -0.05) is 6.08 Å². The van der Waals surface area contributed by atoms with Crippen LogP contribution in [0.3, 0.4) is 0 Å². The van der Waals surface area contributed by atoms with Crippen molar-refractivity contribution in [3.63, 3.8) is 0 Å². The molecule has 16 heavy (non-hydrogen) atoms. The number of methoxy groups -OCH3 is 1. The topological polar surface area (TPSA) is 34.2 Å². The van der Waals surface area contributed by atoms with Crippen molar-refractivity contribution in [2.75, 3.05) is 30.5 Å². The van der Waals surface area contributed by atoms with Crippen LogP contribution in [0.2, 0.25) is 0 Å². The lowest BCUT2D eigenvalue weighted by Gasteiger charge is -2.10. The van der Waals surface area contributed by atoms with Crippen molar-refractivity contribution in [1.29, 1.82) is 0 Å². The van der Waals surface area contributed by atoms with Crippen molar-refractivity contribution in [1.82, 2.24) is 4.98 Å². The average Bonchev–Trinajstić information content (AvgIpc) is 2.29. The van der Waals surface area contributed by atoms with Crippen LogP contribution in [0, 0.1) is 6.92 Å². The van der Waals surface area contributed by atoms with Crippen LogP contribution in [0.1, 0.15) is 5.69 Å². The zero-order valence-electron chi connectivity index (χ0n) is 9.82. The van der Waals surface area contributed by atoms with Gasteiger partial charge in [-0.25, -0.2) is 0 Å². The van der Waals surface area contributed by atoms with Crippen LogP contribution in [0.25, 0.3) is 0 Å². The highest BCUT2D eigenvalue weighted by Gasteiger charge is 2.02. The second-order valence-electron chi connectivity index (χ2n) is 3.32. The summed E-state index contributed by atoms with van der Waals surface area (Å²) in [6.07, 6.45) is 3.66. The molecule has 0 amide bonds. The number of aryl methyl sites for hydroxylation is 1. The smallest absolute Gasteiger partial charge is 0.160 e. The first kappa shape index (κ1) is 12.9. The normalized spacial score (nSPS) is 9.88. The van der Waals surface area contributed by atoms with Crippen molar-refractivity contribution in [3.8, 4) is 5.75 Å². The molecule has 0 saturated heterocycles. The van der Waals surface area contributed by atoms with Gasteiger partial charge in [-0.05, 0) is 13.0 Å². The van der Waals surface area contributed by atoms with E-state index in [9.17, 15) is 0 Å². The number of ether oxygens (including phenoxy) is 1. The molecule has 1 N–H and O–H groups in total. The summed E-state index contributed by atoms with van der Waals surface area (Å²) in [5, 5.41) is 3.34. The van der Waals surface area contributed by atoms with Gasteiger partial charge >= 0.3 is 0 Å². The molecule has 4 heteroatoms. The first-order chi connectivity index (χ1) is 7.77. The van der Waals surface area contributed by atoms with Crippen LogP contribution < -0.4 is 10.1 Å². The maximum absolute atomic E-state index is 5.23. The number of hydrogen-bond donors (Lipinski definition) is 1. The fraction of sp³-hybridized carbons (Fsp3) is 0.417. The van der Waals surface area contributed by atoms with Gasteiger partial charge in [0.15, 0.2) is 5.75 Å². The Morgan fingerprint density at radius 2 is 2.44 bits per heavy atom. The number of nitrogens with one attached hydrogen (secondary N) is 1. The Morgan fingerprint density at radius 1 is 1.62 bits per heavy atom. The quantitative estimate of drug-likeness (QED) is 0.585. The predicted molar refractivity (Wildman–Crippen MR) is 71.5 cm³/mol. The largest absolute Gasteiger partial charge is 0.493 e. The highest BCUT2D eigenvalue weighted by molar-refractivity contribution is 7.99. The van der Waals surface area contributed by atoms with Gasteiger partial charge in [0.25, 0.3) is 0 Å². The minimum Gasteiger partial charge on any atom is -0.493 e. The molecule has 1 heterocycles. The van der Waals surface area contributed by atoms with Gasteiger partial charge in [-0.15, -0.1) is 6.58 Å². The minimum absolute atomic E-state index is 0.791. The number of pyridine rings is 1. The fourth-order valence-corrected chi connectivity index (χ4v) is 1.85. The van der Waals surface area contributed by atoms with E-state index in [2.05, 4.69) is 16.9 Å². The van der Waals surface area contributed by atoms with E-state index in [1.807, 2.05) is 30.8 Å². The van der Waals surface area contributed by atoms with Crippen LogP contribution in [-0.2, 0) is 0 Å². The number of anilines is 1. The second kappa shape index (κ2) is 7.17. The molecule has 1 aromatic heterocycles. The lowest BCUT2D eigenvalue weighted by atomic mass is 10.3. The Hall–Kier alpha value is -1.16. The van der Waals surface area contributed by atoms with Gasteiger partial charge < -0.3 is 10.1 Å². The van der Waals surface area contributed by atoms with E-state index in [4.69, 9.17) is 4.74 Å². The lowest BCUT2D eigenvalue weighted by Crippen LogP contribution is -2.06. The third-order valence-corrected chi connectivity index (χ3v) is 2.99. The van der Waals surface area contributed by atoms with Crippen molar-refractivity contribution in [2.45, 2.75) is 6.92 Å². The predicted octanol–water partition coefficient (Wildman–Crippen LogP) is 2.73. The first-order valence-electron chi connectivity index (χ1n) is 5.21. The molecule has 0 spiro atoms. The van der Waals surface area contributed by atoms with Gasteiger partial charge in [-0.2, -0.15) is 11.8 Å². The molecule has 1 rings (SSSR count). The molecule has 0 unspecified atom stereocenters. The van der Waals surface area contributed by atoms with E-state index in [0.717, 1.165) is 35.2 Å². The molecule has 0 aliphatic carbocycles. The molecule has 0 radical (unpaired) electrons. The maximum Gasteiger partial charge on any atom is 0.160 e. The summed E-state index contributed by atoms with van der Waals surface area (Å²) in [6, 6.07) is 2.00. The standard InChI is InChI=1S/C12H18N2OS/c1-4-6-16-7-5-13-11-8-10(2)14-9-12(11)15-3/h4,8-9H,1,5-7H2,2-3H3,(H,13,14). The monoisotopic (exact) mass is 238 g/mol. The Balaban J connectivity index is 2.45. The second-order valence-corrected chi connectivity index (χ2v) is 4.47. The Kier molecular flexibility index (Phi) is 5.78. The van der Waals surface area contributed by atoms with Crippen LogP contribution in [-0.4, -0.2) is 30.1 Å². The SMILES string of the molecule is C=CCSCCNc1cc(C)ncc1OC. The van der Waals surface area contributed by atoms with E-state index >= 15 is 0 Å². The van der Waals surface area contributed by atoms with Gasteiger partial charge in [0.2, 0.25) is 0 Å². The summed E-state index contributed by atoms with van der Waals surface area (Å²) < 4.78 is 5.23. The molecular weight excluding hydrogens is 220 g/mol. The summed E-state index contributed by atoms with van der Waals surface area (Å²) in [7, 11) is 1.66. The van der Waals surface area contributed by atoms with E-state index < -0.39 is 0 Å². The summed E-state index contributed by atoms with van der Waals surface area (Å²) in [5.41, 5.74) is 2.00. The van der Waals surface area contributed by atoms with Gasteiger partial charge in [0, 0.05) is 23.7 Å². The molecular formula is C12H18N2OS. The van der Waals surface area contributed by atoms with E-state index in [1.165, 1.54) is 0 Å². The lowest BCUT2D eigenvalue weighted by molar-refractivity contribution is 0.414. The number of rotatable bonds is 7. The number of nitrogens with zero attached hydrogens (tertiary/aromatic N) is 1. The molecule has 0 aliphatic heterocycles. The van der Waals surface area contributed by atoms with Crippen LogP contribution >= 0.6 is 11.8 Å². The Bertz CT molecular complexity index is 342. The number of aromatic nitrogens is 1. The summed E-state index contributed by atoms with van der Waals surface area (Å²) in [6.45, 7) is 6.57. The third kappa shape index (κ3) is 4.14. The first-order valence-corrected chi connectivity index (χ1v) is 6.36. The highest BCUT2D eigenvalue weighted by Crippen LogP contribution is 2.23. The van der Waals surface area contributed by atoms with Gasteiger partial charge in [-0.3, -0.25) is 4.98 Å². The Morgan fingerprint density at radius 3 is 3.12 bits per heavy atom. The molecule has 0 atom stereocenters. The van der Waals surface area contributed by atoms with Gasteiger partial charge in [0.1, 0.15) is 0 Å². The number of hydrogen-bond acceptors (Lipinski definition) is 4. The van der Waals surface area contributed by atoms with Crippen molar-refractivity contribution < 1.29 is 4.74 Å². The zero-order valence-corrected chi connectivity index (χ0v) is 10.6. The molecule has 3 nitrogen and oxygen atoms in total. The Labute approximate surface area is 101 Å². The molecule has 1 aromatic rings. The molecule has 88 valence electrons. The zero-order chi connectivity index (χ0) is 11.8. The van der Waals surface area contributed by atoms with E-state index in [0.29, 0.717) is 0 Å². The number of thioether (sulfide) groups is 1. The fourth-order valence-electron chi connectivity index (χ4n) is 1.27. The van der Waals surface area contributed by atoms with Crippen molar-refractivity contribution in [3.05, 3.63) is 30.6 Å². The van der Waals surface area contributed by atoms with Crippen molar-refractivity contribution >= 4 is 17.4 Å².